The van der Waals surface area contributed by atoms with Gasteiger partial charge in [0.25, 0.3) is 0 Å². The van der Waals surface area contributed by atoms with Crippen LogP contribution in [0.15, 0.2) is 34.1 Å². The number of hydrogen-bond acceptors (Lipinski definition) is 2. The molecule has 0 unspecified atom stereocenters. The van der Waals surface area contributed by atoms with Crippen LogP contribution in [-0.2, 0) is 0 Å². The van der Waals surface area contributed by atoms with Crippen LogP contribution >= 0.6 is 23.5 Å². The Morgan fingerprint density at radius 2 is 1.12 bits per heavy atom. The second-order valence-electron chi connectivity index (χ2n) is 3.88. The monoisotopic (exact) mass is 254 g/mol. The number of benzene rings is 1. The van der Waals surface area contributed by atoms with Crippen LogP contribution in [0, 0.1) is 0 Å². The van der Waals surface area contributed by atoms with Crippen LogP contribution in [-0.4, -0.2) is 11.5 Å². The average Bonchev–Trinajstić information content (AvgIpc) is 2.32. The van der Waals surface area contributed by atoms with Crippen molar-refractivity contribution < 1.29 is 0 Å². The minimum absolute atomic E-state index is 1.25. The van der Waals surface area contributed by atoms with E-state index in [1.54, 1.807) is 0 Å². The van der Waals surface area contributed by atoms with Crippen LogP contribution in [0.25, 0.3) is 0 Å². The van der Waals surface area contributed by atoms with Gasteiger partial charge < -0.3 is 0 Å². The zero-order valence-corrected chi connectivity index (χ0v) is 12.0. The Bertz CT molecular complexity index is 238. The van der Waals surface area contributed by atoms with Gasteiger partial charge in [-0.2, -0.15) is 0 Å². The van der Waals surface area contributed by atoms with Crippen molar-refractivity contribution in [3.05, 3.63) is 24.3 Å². The second-order valence-corrected chi connectivity index (χ2v) is 6.21. The molecule has 0 aliphatic rings. The van der Waals surface area contributed by atoms with Gasteiger partial charge in [-0.25, -0.2) is 0 Å². The van der Waals surface area contributed by atoms with Gasteiger partial charge in [-0.05, 0) is 48.6 Å². The largest absolute Gasteiger partial charge is 0.126 e. The molecule has 1 aromatic carbocycles. The predicted molar refractivity (Wildman–Crippen MR) is 77.7 cm³/mol. The Morgan fingerprint density at radius 1 is 0.750 bits per heavy atom. The van der Waals surface area contributed by atoms with E-state index in [9.17, 15) is 0 Å². The van der Waals surface area contributed by atoms with Gasteiger partial charge in [-0.1, -0.05) is 26.7 Å². The van der Waals surface area contributed by atoms with Crippen molar-refractivity contribution in [2.24, 2.45) is 0 Å². The van der Waals surface area contributed by atoms with Gasteiger partial charge in [0.15, 0.2) is 0 Å². The summed E-state index contributed by atoms with van der Waals surface area (Å²) in [5, 5.41) is 0. The first-order valence-electron chi connectivity index (χ1n) is 6.22. The average molecular weight is 254 g/mol. The lowest BCUT2D eigenvalue weighted by Gasteiger charge is -2.03. The van der Waals surface area contributed by atoms with Crippen LogP contribution in [0.2, 0.25) is 0 Å². The lowest BCUT2D eigenvalue weighted by Crippen LogP contribution is -1.80. The Hall–Kier alpha value is -0.0800. The molecule has 0 amide bonds. The summed E-state index contributed by atoms with van der Waals surface area (Å²) in [6.07, 6.45) is 5.21. The highest BCUT2D eigenvalue weighted by Gasteiger charge is 1.96. The maximum Gasteiger partial charge on any atom is 0.00727 e. The first kappa shape index (κ1) is 14.0. The molecule has 0 bridgehead atoms. The molecule has 1 aromatic rings. The molecule has 0 saturated heterocycles. The molecule has 0 saturated carbocycles. The number of rotatable bonds is 8. The maximum absolute atomic E-state index is 2.26. The molecule has 0 aliphatic carbocycles. The molecule has 0 aromatic heterocycles. The molecule has 1 rings (SSSR count). The van der Waals surface area contributed by atoms with Gasteiger partial charge in [-0.3, -0.25) is 0 Å². The van der Waals surface area contributed by atoms with Gasteiger partial charge in [0.2, 0.25) is 0 Å². The third-order valence-electron chi connectivity index (χ3n) is 2.36. The summed E-state index contributed by atoms with van der Waals surface area (Å²) >= 11 is 3.95. The van der Waals surface area contributed by atoms with E-state index in [0.717, 1.165) is 0 Å². The van der Waals surface area contributed by atoms with Gasteiger partial charge in [0.1, 0.15) is 0 Å². The number of thioether (sulfide) groups is 2. The first-order chi connectivity index (χ1) is 7.86. The molecule has 0 N–H and O–H groups in total. The summed E-state index contributed by atoms with van der Waals surface area (Å²) < 4.78 is 0. The summed E-state index contributed by atoms with van der Waals surface area (Å²) in [5.74, 6) is 2.50. The lowest BCUT2D eigenvalue weighted by molar-refractivity contribution is 0.895. The normalized spacial score (nSPS) is 10.6. The van der Waals surface area contributed by atoms with Crippen molar-refractivity contribution in [3.8, 4) is 0 Å². The first-order valence-corrected chi connectivity index (χ1v) is 8.19. The van der Waals surface area contributed by atoms with Gasteiger partial charge >= 0.3 is 0 Å². The molecule has 0 spiro atoms. The standard InChI is InChI=1S/C14H22S2/c1-3-5-11-15-13-7-9-14(10-8-13)16-12-6-4-2/h7-10H,3-6,11-12H2,1-2H3. The summed E-state index contributed by atoms with van der Waals surface area (Å²) in [6, 6.07) is 9.03. The Labute approximate surface area is 109 Å². The van der Waals surface area contributed by atoms with E-state index in [1.807, 2.05) is 23.5 Å². The molecular weight excluding hydrogens is 232 g/mol. The van der Waals surface area contributed by atoms with Crippen LogP contribution in [0.5, 0.6) is 0 Å². The number of hydrogen-bond donors (Lipinski definition) is 0. The molecular formula is C14H22S2. The molecule has 0 atom stereocenters. The fraction of sp³-hybridized carbons (Fsp3) is 0.571. The minimum atomic E-state index is 1.25. The summed E-state index contributed by atoms with van der Waals surface area (Å²) in [6.45, 7) is 4.49. The van der Waals surface area contributed by atoms with Crippen molar-refractivity contribution in [3.63, 3.8) is 0 Å². The van der Waals surface area contributed by atoms with Crippen LogP contribution in [0.4, 0.5) is 0 Å². The molecule has 0 heterocycles. The zero-order valence-electron chi connectivity index (χ0n) is 10.4. The van der Waals surface area contributed by atoms with E-state index in [4.69, 9.17) is 0 Å². The summed E-state index contributed by atoms with van der Waals surface area (Å²) in [5.41, 5.74) is 0. The van der Waals surface area contributed by atoms with Crippen molar-refractivity contribution in [2.75, 3.05) is 11.5 Å². The van der Waals surface area contributed by atoms with Crippen LogP contribution in [0.1, 0.15) is 39.5 Å². The van der Waals surface area contributed by atoms with E-state index in [1.165, 1.54) is 47.0 Å². The van der Waals surface area contributed by atoms with Gasteiger partial charge in [0.05, 0.1) is 0 Å². The fourth-order valence-electron chi connectivity index (χ4n) is 1.30. The van der Waals surface area contributed by atoms with Crippen LogP contribution in [0.3, 0.4) is 0 Å². The van der Waals surface area contributed by atoms with E-state index < -0.39 is 0 Å². The maximum atomic E-state index is 2.26. The van der Waals surface area contributed by atoms with Crippen molar-refractivity contribution in [2.45, 2.75) is 49.3 Å². The fourth-order valence-corrected chi connectivity index (χ4v) is 3.30. The molecule has 0 aliphatic heterocycles. The third kappa shape index (κ3) is 5.86. The second kappa shape index (κ2) is 9.00. The van der Waals surface area contributed by atoms with Crippen LogP contribution < -0.4 is 0 Å². The smallest absolute Gasteiger partial charge is 0.00727 e. The van der Waals surface area contributed by atoms with Gasteiger partial charge in [-0.15, -0.1) is 23.5 Å². The van der Waals surface area contributed by atoms with E-state index >= 15 is 0 Å². The Kier molecular flexibility index (Phi) is 7.87. The van der Waals surface area contributed by atoms with Crippen molar-refractivity contribution >= 4 is 23.5 Å². The zero-order chi connectivity index (χ0) is 11.6. The molecule has 2 heteroatoms. The Balaban J connectivity index is 2.30. The quantitative estimate of drug-likeness (QED) is 0.445. The number of unbranched alkanes of at least 4 members (excludes halogenated alkanes) is 2. The molecule has 0 radical (unpaired) electrons. The lowest BCUT2D eigenvalue weighted by atomic mass is 10.4. The highest BCUT2D eigenvalue weighted by Crippen LogP contribution is 2.24. The topological polar surface area (TPSA) is 0 Å². The van der Waals surface area contributed by atoms with Crippen molar-refractivity contribution in [1.29, 1.82) is 0 Å². The van der Waals surface area contributed by atoms with E-state index in [0.29, 0.717) is 0 Å². The van der Waals surface area contributed by atoms with E-state index in [-0.39, 0.29) is 0 Å². The highest BCUT2D eigenvalue weighted by molar-refractivity contribution is 7.99. The minimum Gasteiger partial charge on any atom is -0.126 e. The molecule has 16 heavy (non-hydrogen) atoms. The van der Waals surface area contributed by atoms with Crippen molar-refractivity contribution in [1.82, 2.24) is 0 Å². The molecule has 90 valence electrons. The Morgan fingerprint density at radius 3 is 1.44 bits per heavy atom. The molecule has 0 nitrogen and oxygen atoms in total. The third-order valence-corrected chi connectivity index (χ3v) is 4.55. The SMILES string of the molecule is CCCCSc1ccc(SCCCC)cc1. The molecule has 0 fully saturated rings. The predicted octanol–water partition coefficient (Wildman–Crippen LogP) is 5.47. The highest BCUT2D eigenvalue weighted by atomic mass is 32.2. The summed E-state index contributed by atoms with van der Waals surface area (Å²) in [7, 11) is 0. The summed E-state index contributed by atoms with van der Waals surface area (Å²) in [4.78, 5) is 2.82. The van der Waals surface area contributed by atoms with E-state index in [2.05, 4.69) is 38.1 Å². The van der Waals surface area contributed by atoms with Gasteiger partial charge in [0, 0.05) is 9.79 Å².